The van der Waals surface area contributed by atoms with Gasteiger partial charge in [0.2, 0.25) is 5.89 Å². The van der Waals surface area contributed by atoms with Crippen LogP contribution >= 0.6 is 0 Å². The van der Waals surface area contributed by atoms with E-state index < -0.39 is 0 Å². The number of hydrogen-bond acceptors (Lipinski definition) is 3. The molecule has 0 atom stereocenters. The van der Waals surface area contributed by atoms with Gasteiger partial charge in [-0.25, -0.2) is 4.98 Å². The number of nitrogens with zero attached hydrogens (tertiary/aromatic N) is 1. The summed E-state index contributed by atoms with van der Waals surface area (Å²) in [6.45, 7) is 0. The van der Waals surface area contributed by atoms with E-state index in [0.717, 1.165) is 33.2 Å². The van der Waals surface area contributed by atoms with Crippen LogP contribution in [0.3, 0.4) is 0 Å². The van der Waals surface area contributed by atoms with Crippen molar-refractivity contribution in [2.24, 2.45) is 0 Å². The highest BCUT2D eigenvalue weighted by Gasteiger charge is 2.10. The van der Waals surface area contributed by atoms with E-state index in [4.69, 9.17) is 8.83 Å². The number of benzene rings is 5. The van der Waals surface area contributed by atoms with Gasteiger partial charge in [0.15, 0.2) is 5.58 Å². The second-order valence-electron chi connectivity index (χ2n) is 8.47. The molecule has 3 heteroatoms. The lowest BCUT2D eigenvalue weighted by atomic mass is 10.0. The van der Waals surface area contributed by atoms with E-state index in [2.05, 4.69) is 65.6 Å². The zero-order valence-electron chi connectivity index (χ0n) is 19.5. The third-order valence-corrected chi connectivity index (χ3v) is 6.10. The maximum Gasteiger partial charge on any atom is 0.227 e. The van der Waals surface area contributed by atoms with Crippen molar-refractivity contribution >= 4 is 22.1 Å². The van der Waals surface area contributed by atoms with Crippen LogP contribution in [0.5, 0.6) is 0 Å². The van der Waals surface area contributed by atoms with Crippen LogP contribution in [0.25, 0.3) is 55.8 Å². The second kappa shape index (κ2) is 9.77. The highest BCUT2D eigenvalue weighted by atomic mass is 16.3. The van der Waals surface area contributed by atoms with Gasteiger partial charge in [0.25, 0.3) is 0 Å². The van der Waals surface area contributed by atoms with E-state index in [9.17, 15) is 0 Å². The van der Waals surface area contributed by atoms with Crippen molar-refractivity contribution in [2.45, 2.75) is 0 Å². The Bertz CT molecular complexity index is 1680. The van der Waals surface area contributed by atoms with E-state index in [1.807, 2.05) is 72.8 Å². The van der Waals surface area contributed by atoms with E-state index in [1.54, 1.807) is 6.26 Å². The lowest BCUT2D eigenvalue weighted by Gasteiger charge is -2.02. The van der Waals surface area contributed by atoms with Crippen molar-refractivity contribution in [1.29, 1.82) is 0 Å². The van der Waals surface area contributed by atoms with E-state index in [0.29, 0.717) is 5.89 Å². The quantitative estimate of drug-likeness (QED) is 0.261. The summed E-state index contributed by atoms with van der Waals surface area (Å²) in [5.74, 6) is 0.648. The molecule has 0 radical (unpaired) electrons. The van der Waals surface area contributed by atoms with Gasteiger partial charge in [-0.15, -0.1) is 0 Å². The molecule has 0 unspecified atom stereocenters. The normalized spacial score (nSPS) is 10.8. The highest BCUT2D eigenvalue weighted by Crippen LogP contribution is 2.30. The second-order valence-corrected chi connectivity index (χ2v) is 8.47. The van der Waals surface area contributed by atoms with Gasteiger partial charge in [0.05, 0.1) is 6.26 Å². The smallest absolute Gasteiger partial charge is 0.227 e. The molecule has 5 aromatic carbocycles. The minimum atomic E-state index is 0.648. The van der Waals surface area contributed by atoms with E-state index in [1.165, 1.54) is 16.7 Å². The SMILES string of the molecule is c1ccc(-c2ccc(-c3nc4ccc(-c5ccccc5)cc4o3)cc2)cc1.c1ccc2occc2c1. The molecule has 3 nitrogen and oxygen atoms in total. The van der Waals surface area contributed by atoms with Crippen LogP contribution in [0.1, 0.15) is 0 Å². The molecule has 7 rings (SSSR count). The van der Waals surface area contributed by atoms with Gasteiger partial charge in [0.1, 0.15) is 11.1 Å². The summed E-state index contributed by atoms with van der Waals surface area (Å²) >= 11 is 0. The average Bonchev–Trinajstić information content (AvgIpc) is 3.61. The molecule has 0 aliphatic carbocycles. The van der Waals surface area contributed by atoms with Crippen LogP contribution < -0.4 is 0 Å². The fraction of sp³-hybridized carbons (Fsp3) is 0. The van der Waals surface area contributed by atoms with Gasteiger partial charge in [-0.3, -0.25) is 0 Å². The molecule has 0 bridgehead atoms. The number of fused-ring (bicyclic) bond motifs is 2. The molecule has 0 aliphatic rings. The number of hydrogen-bond donors (Lipinski definition) is 0. The fourth-order valence-electron chi connectivity index (χ4n) is 4.20. The Morgan fingerprint density at radius 2 is 1.03 bits per heavy atom. The Kier molecular flexibility index (Phi) is 5.87. The summed E-state index contributed by atoms with van der Waals surface area (Å²) in [5, 5.41) is 1.16. The molecule has 0 spiro atoms. The summed E-state index contributed by atoms with van der Waals surface area (Å²) < 4.78 is 11.2. The van der Waals surface area contributed by atoms with Crippen LogP contribution in [-0.4, -0.2) is 4.98 Å². The molecule has 0 saturated heterocycles. The van der Waals surface area contributed by atoms with Crippen LogP contribution in [0.4, 0.5) is 0 Å². The summed E-state index contributed by atoms with van der Waals surface area (Å²) in [5.41, 5.74) is 8.30. The molecular formula is C33H23NO2. The third-order valence-electron chi connectivity index (χ3n) is 6.10. The van der Waals surface area contributed by atoms with Crippen LogP contribution in [0.2, 0.25) is 0 Å². The molecule has 0 saturated carbocycles. The fourth-order valence-corrected chi connectivity index (χ4v) is 4.20. The van der Waals surface area contributed by atoms with Gasteiger partial charge in [0, 0.05) is 10.9 Å². The van der Waals surface area contributed by atoms with Crippen molar-refractivity contribution < 1.29 is 8.83 Å². The standard InChI is InChI=1S/C25H17NO.C8H6O/c1-3-7-18(8-4-1)20-11-13-21(14-12-20)25-26-23-16-15-22(17-24(23)27-25)19-9-5-2-6-10-19;1-2-4-8-7(3-1)5-6-9-8/h1-17H;1-6H. The Morgan fingerprint density at radius 3 is 1.75 bits per heavy atom. The first-order valence-electron chi connectivity index (χ1n) is 11.9. The molecule has 2 heterocycles. The van der Waals surface area contributed by atoms with Crippen molar-refractivity contribution in [3.63, 3.8) is 0 Å². The molecule has 36 heavy (non-hydrogen) atoms. The molecular weight excluding hydrogens is 442 g/mol. The van der Waals surface area contributed by atoms with Crippen LogP contribution in [0.15, 0.2) is 149 Å². The summed E-state index contributed by atoms with van der Waals surface area (Å²) in [7, 11) is 0. The predicted molar refractivity (Wildman–Crippen MR) is 147 cm³/mol. The first-order chi connectivity index (χ1) is 17.8. The van der Waals surface area contributed by atoms with Gasteiger partial charge in [-0.1, -0.05) is 97.1 Å². The number of furan rings is 1. The molecule has 0 aliphatic heterocycles. The van der Waals surface area contributed by atoms with Gasteiger partial charge in [-0.05, 0) is 58.7 Å². The number of rotatable bonds is 3. The first-order valence-corrected chi connectivity index (χ1v) is 11.9. The third kappa shape index (κ3) is 4.55. The minimum Gasteiger partial charge on any atom is -0.464 e. The van der Waals surface area contributed by atoms with Gasteiger partial charge in [-0.2, -0.15) is 0 Å². The number of oxazole rings is 1. The summed E-state index contributed by atoms with van der Waals surface area (Å²) in [4.78, 5) is 4.65. The summed E-state index contributed by atoms with van der Waals surface area (Å²) in [6.07, 6.45) is 1.70. The maximum atomic E-state index is 6.05. The van der Waals surface area contributed by atoms with E-state index in [-0.39, 0.29) is 0 Å². The Labute approximate surface area is 209 Å². The lowest BCUT2D eigenvalue weighted by Crippen LogP contribution is -1.80. The monoisotopic (exact) mass is 465 g/mol. The maximum absolute atomic E-state index is 6.05. The molecule has 0 amide bonds. The first kappa shape index (κ1) is 21.6. The minimum absolute atomic E-state index is 0.648. The van der Waals surface area contributed by atoms with Crippen molar-refractivity contribution in [3.05, 3.63) is 140 Å². The van der Waals surface area contributed by atoms with Gasteiger partial charge < -0.3 is 8.83 Å². The molecule has 0 fully saturated rings. The Morgan fingerprint density at radius 1 is 0.444 bits per heavy atom. The van der Waals surface area contributed by atoms with E-state index >= 15 is 0 Å². The topological polar surface area (TPSA) is 39.2 Å². The summed E-state index contributed by atoms with van der Waals surface area (Å²) in [6, 6.07) is 45.0. The Balaban J connectivity index is 0.000000223. The Hall–Kier alpha value is -4.89. The van der Waals surface area contributed by atoms with Gasteiger partial charge >= 0.3 is 0 Å². The van der Waals surface area contributed by atoms with Crippen LogP contribution in [0, 0.1) is 0 Å². The predicted octanol–water partition coefficient (Wildman–Crippen LogP) is 9.26. The zero-order chi connectivity index (χ0) is 24.2. The average molecular weight is 466 g/mol. The zero-order valence-corrected chi connectivity index (χ0v) is 19.5. The lowest BCUT2D eigenvalue weighted by molar-refractivity contribution is 0.616. The largest absolute Gasteiger partial charge is 0.464 e. The molecule has 7 aromatic rings. The van der Waals surface area contributed by atoms with Crippen molar-refractivity contribution in [3.8, 4) is 33.7 Å². The number of para-hydroxylation sites is 1. The van der Waals surface area contributed by atoms with Crippen molar-refractivity contribution in [2.75, 3.05) is 0 Å². The van der Waals surface area contributed by atoms with Crippen molar-refractivity contribution in [1.82, 2.24) is 4.98 Å². The van der Waals surface area contributed by atoms with Crippen LogP contribution in [-0.2, 0) is 0 Å². The molecule has 172 valence electrons. The number of aromatic nitrogens is 1. The molecule has 2 aromatic heterocycles. The highest BCUT2D eigenvalue weighted by molar-refractivity contribution is 5.82. The molecule has 0 N–H and O–H groups in total.